The first-order chi connectivity index (χ1) is 8.79. The Labute approximate surface area is 115 Å². The lowest BCUT2D eigenvalue weighted by Crippen LogP contribution is -2.62. The van der Waals surface area contributed by atoms with E-state index in [1.54, 1.807) is 0 Å². The van der Waals surface area contributed by atoms with Crippen molar-refractivity contribution >= 4 is 0 Å². The zero-order chi connectivity index (χ0) is 14.0. The predicted molar refractivity (Wildman–Crippen MR) is 82.3 cm³/mol. The average Bonchev–Trinajstić information content (AvgIpc) is 2.40. The highest BCUT2D eigenvalue weighted by Crippen LogP contribution is 2.16. The number of piperazine rings is 1. The summed E-state index contributed by atoms with van der Waals surface area (Å²) in [5.41, 5.74) is 0. The summed E-state index contributed by atoms with van der Waals surface area (Å²) < 4.78 is 0. The summed E-state index contributed by atoms with van der Waals surface area (Å²) in [6.07, 6.45) is 1.30. The molecule has 0 N–H and O–H groups in total. The van der Waals surface area contributed by atoms with Gasteiger partial charge in [0.1, 0.15) is 0 Å². The molecule has 0 bridgehead atoms. The fraction of sp³-hybridized carbons (Fsp3) is 1.00. The van der Waals surface area contributed by atoms with Gasteiger partial charge in [-0.1, -0.05) is 34.6 Å². The highest BCUT2D eigenvalue weighted by atomic mass is 15.3. The Kier molecular flexibility index (Phi) is 10.7. The molecule has 0 aromatic rings. The number of nitrogens with zero attached hydrogens (tertiary/aromatic N) is 3. The van der Waals surface area contributed by atoms with Gasteiger partial charge in [-0.15, -0.1) is 0 Å². The minimum Gasteiger partial charge on any atom is -0.304 e. The van der Waals surface area contributed by atoms with Gasteiger partial charge in [0, 0.05) is 45.3 Å². The van der Waals surface area contributed by atoms with Crippen molar-refractivity contribution in [3.8, 4) is 0 Å². The molecule has 0 spiro atoms. The molecule has 3 heteroatoms. The van der Waals surface area contributed by atoms with E-state index in [-0.39, 0.29) is 0 Å². The van der Waals surface area contributed by atoms with Crippen LogP contribution in [0, 0.1) is 0 Å². The first-order valence-electron chi connectivity index (χ1n) is 7.94. The number of likely N-dealkylation sites (N-methyl/N-ethyl adjacent to an activating group) is 1. The van der Waals surface area contributed by atoms with Gasteiger partial charge < -0.3 is 9.80 Å². The Morgan fingerprint density at radius 3 is 1.83 bits per heavy atom. The Bertz CT molecular complexity index is 171. The van der Waals surface area contributed by atoms with Crippen LogP contribution in [0.5, 0.6) is 0 Å². The van der Waals surface area contributed by atoms with Crippen molar-refractivity contribution in [3.63, 3.8) is 0 Å². The van der Waals surface area contributed by atoms with Crippen LogP contribution in [-0.2, 0) is 0 Å². The first kappa shape index (κ1) is 17.9. The van der Waals surface area contributed by atoms with Crippen LogP contribution in [0.3, 0.4) is 0 Å². The summed E-state index contributed by atoms with van der Waals surface area (Å²) in [5, 5.41) is 0. The molecular formula is C15H35N3. The van der Waals surface area contributed by atoms with Crippen LogP contribution >= 0.6 is 0 Å². The molecule has 0 atom stereocenters. The second-order valence-corrected chi connectivity index (χ2v) is 4.75. The second-order valence-electron chi connectivity index (χ2n) is 4.75. The zero-order valence-corrected chi connectivity index (χ0v) is 13.6. The minimum absolute atomic E-state index is 0.871. The Balaban J connectivity index is 0.000000659. The van der Waals surface area contributed by atoms with E-state index in [1.807, 2.05) is 27.7 Å². The Hall–Kier alpha value is -0.120. The lowest BCUT2D eigenvalue weighted by atomic mass is 10.1. The highest BCUT2D eigenvalue weighted by molar-refractivity contribution is 4.89. The molecule has 0 saturated carbocycles. The molecule has 110 valence electrons. The van der Waals surface area contributed by atoms with Gasteiger partial charge in [0.25, 0.3) is 0 Å². The largest absolute Gasteiger partial charge is 0.304 e. The van der Waals surface area contributed by atoms with E-state index < -0.39 is 0 Å². The maximum Gasteiger partial charge on any atom is 0.0351 e. The van der Waals surface area contributed by atoms with Crippen molar-refractivity contribution in [1.82, 2.24) is 14.7 Å². The number of rotatable bonds is 3. The maximum absolute atomic E-state index is 2.67. The molecule has 0 unspecified atom stereocenters. The third-order valence-electron chi connectivity index (χ3n) is 3.53. The lowest BCUT2D eigenvalue weighted by molar-refractivity contribution is 0.00984. The van der Waals surface area contributed by atoms with Crippen LogP contribution in [0.1, 0.15) is 41.0 Å². The van der Waals surface area contributed by atoms with E-state index in [9.17, 15) is 0 Å². The molecule has 0 aromatic heterocycles. The van der Waals surface area contributed by atoms with Crippen LogP contribution in [0.25, 0.3) is 0 Å². The van der Waals surface area contributed by atoms with Crippen molar-refractivity contribution in [1.29, 1.82) is 0 Å². The number of hydrogen-bond donors (Lipinski definition) is 0. The van der Waals surface area contributed by atoms with Crippen LogP contribution in [0.4, 0.5) is 0 Å². The van der Waals surface area contributed by atoms with Crippen molar-refractivity contribution in [2.24, 2.45) is 0 Å². The highest BCUT2D eigenvalue weighted by Gasteiger charge is 2.31. The molecule has 2 saturated heterocycles. The van der Waals surface area contributed by atoms with Gasteiger partial charge in [-0.2, -0.15) is 0 Å². The number of hydrogen-bond acceptors (Lipinski definition) is 3. The van der Waals surface area contributed by atoms with Gasteiger partial charge in [0.2, 0.25) is 0 Å². The quantitative estimate of drug-likeness (QED) is 0.768. The topological polar surface area (TPSA) is 9.72 Å². The molecule has 2 rings (SSSR count). The van der Waals surface area contributed by atoms with Crippen molar-refractivity contribution in [2.45, 2.75) is 47.1 Å². The van der Waals surface area contributed by atoms with Gasteiger partial charge in [-0.25, -0.2) is 0 Å². The summed E-state index contributed by atoms with van der Waals surface area (Å²) in [6.45, 7) is 19.3. The maximum atomic E-state index is 2.67. The third-order valence-corrected chi connectivity index (χ3v) is 3.53. The smallest absolute Gasteiger partial charge is 0.0351 e. The predicted octanol–water partition coefficient (Wildman–Crippen LogP) is 2.38. The minimum atomic E-state index is 0.871. The van der Waals surface area contributed by atoms with Gasteiger partial charge in [-0.3, -0.25) is 4.90 Å². The molecule has 2 fully saturated rings. The molecule has 3 nitrogen and oxygen atoms in total. The van der Waals surface area contributed by atoms with Crippen molar-refractivity contribution < 1.29 is 0 Å². The standard InChI is InChI=1S/C11H23N3.2C2H6/c1-3-4-13-9-11(10-13)14-7-5-12(2)6-8-14;2*1-2/h11H,3-10H2,1-2H3;2*1-2H3. The summed E-state index contributed by atoms with van der Waals surface area (Å²) in [5.74, 6) is 0. The Morgan fingerprint density at radius 2 is 1.39 bits per heavy atom. The van der Waals surface area contributed by atoms with E-state index >= 15 is 0 Å². The van der Waals surface area contributed by atoms with E-state index in [2.05, 4.69) is 28.7 Å². The first-order valence-corrected chi connectivity index (χ1v) is 7.94. The molecule has 2 aliphatic rings. The monoisotopic (exact) mass is 257 g/mol. The summed E-state index contributed by atoms with van der Waals surface area (Å²) >= 11 is 0. The zero-order valence-electron chi connectivity index (χ0n) is 13.6. The average molecular weight is 257 g/mol. The lowest BCUT2D eigenvalue weighted by Gasteiger charge is -2.47. The van der Waals surface area contributed by atoms with Crippen LogP contribution in [0.2, 0.25) is 0 Å². The summed E-state index contributed by atoms with van der Waals surface area (Å²) in [4.78, 5) is 7.67. The fourth-order valence-corrected chi connectivity index (χ4v) is 2.46. The van der Waals surface area contributed by atoms with Crippen molar-refractivity contribution in [3.05, 3.63) is 0 Å². The molecule has 0 amide bonds. The molecule has 0 aliphatic carbocycles. The fourth-order valence-electron chi connectivity index (χ4n) is 2.46. The second kappa shape index (κ2) is 10.8. The van der Waals surface area contributed by atoms with Crippen LogP contribution in [0.15, 0.2) is 0 Å². The Morgan fingerprint density at radius 1 is 0.889 bits per heavy atom. The van der Waals surface area contributed by atoms with Gasteiger partial charge in [-0.05, 0) is 20.0 Å². The normalized spacial score (nSPS) is 22.3. The van der Waals surface area contributed by atoms with Crippen molar-refractivity contribution in [2.75, 3.05) is 52.9 Å². The van der Waals surface area contributed by atoms with E-state index in [0.29, 0.717) is 0 Å². The SMILES string of the molecule is CC.CC.CCCN1CC(N2CCN(C)CC2)C1. The van der Waals surface area contributed by atoms with E-state index in [4.69, 9.17) is 0 Å². The summed E-state index contributed by atoms with van der Waals surface area (Å²) in [6, 6.07) is 0.871. The molecule has 18 heavy (non-hydrogen) atoms. The van der Waals surface area contributed by atoms with Crippen LogP contribution < -0.4 is 0 Å². The number of likely N-dealkylation sites (tertiary alicyclic amines) is 1. The molecular weight excluding hydrogens is 222 g/mol. The van der Waals surface area contributed by atoms with Gasteiger partial charge in [0.15, 0.2) is 0 Å². The molecule has 0 radical (unpaired) electrons. The molecule has 0 aromatic carbocycles. The van der Waals surface area contributed by atoms with E-state index in [0.717, 1.165) is 6.04 Å². The van der Waals surface area contributed by atoms with Gasteiger partial charge in [0.05, 0.1) is 0 Å². The summed E-state index contributed by atoms with van der Waals surface area (Å²) in [7, 11) is 2.22. The van der Waals surface area contributed by atoms with E-state index in [1.165, 1.54) is 52.2 Å². The van der Waals surface area contributed by atoms with Gasteiger partial charge >= 0.3 is 0 Å². The molecule has 2 aliphatic heterocycles. The third kappa shape index (κ3) is 5.68. The molecule has 2 heterocycles. The van der Waals surface area contributed by atoms with Crippen LogP contribution in [-0.4, -0.2) is 73.6 Å².